The van der Waals surface area contributed by atoms with Crippen LogP contribution in [0.2, 0.25) is 0 Å². The van der Waals surface area contributed by atoms with Gasteiger partial charge in [0.25, 0.3) is 15.9 Å². The Balaban J connectivity index is 1.32. The SMILES string of the molecule is Cc1ccc(S(=O)(=O)Nc2cccc3c2N(OCC(O)CNCCOc2ccc(C(N)=O)cc2)C(=O)CC3)cc1. The van der Waals surface area contributed by atoms with E-state index in [-0.39, 0.29) is 36.1 Å². The number of benzene rings is 3. The largest absolute Gasteiger partial charge is 0.492 e. The zero-order chi connectivity index (χ0) is 28.7. The summed E-state index contributed by atoms with van der Waals surface area (Å²) >= 11 is 0. The first kappa shape index (κ1) is 29.0. The molecule has 4 rings (SSSR count). The van der Waals surface area contributed by atoms with E-state index in [0.717, 1.165) is 16.2 Å². The molecule has 1 atom stereocenters. The summed E-state index contributed by atoms with van der Waals surface area (Å²) in [7, 11) is -3.91. The van der Waals surface area contributed by atoms with Crippen molar-refractivity contribution >= 4 is 33.2 Å². The monoisotopic (exact) mass is 568 g/mol. The first-order chi connectivity index (χ1) is 19.1. The van der Waals surface area contributed by atoms with Gasteiger partial charge in [0.05, 0.1) is 16.7 Å². The van der Waals surface area contributed by atoms with Crippen LogP contribution in [0, 0.1) is 6.92 Å². The maximum Gasteiger partial charge on any atom is 0.261 e. The molecule has 0 radical (unpaired) electrons. The van der Waals surface area contributed by atoms with Gasteiger partial charge in [-0.15, -0.1) is 0 Å². The fourth-order valence-electron chi connectivity index (χ4n) is 4.09. The normalized spacial score (nSPS) is 13.9. The number of nitrogens with one attached hydrogen (secondary N) is 2. The molecule has 1 unspecified atom stereocenters. The Hall–Kier alpha value is -3.97. The molecular weight excluding hydrogens is 536 g/mol. The van der Waals surface area contributed by atoms with Crippen LogP contribution in [0.25, 0.3) is 0 Å². The van der Waals surface area contributed by atoms with Gasteiger partial charge in [0.1, 0.15) is 24.7 Å². The van der Waals surface area contributed by atoms with E-state index in [1.54, 1.807) is 54.6 Å². The lowest BCUT2D eigenvalue weighted by molar-refractivity contribution is -0.127. The minimum absolute atomic E-state index is 0.0958. The molecule has 0 spiro atoms. The molecule has 0 fully saturated rings. The number of ether oxygens (including phenoxy) is 1. The summed E-state index contributed by atoms with van der Waals surface area (Å²) in [5, 5.41) is 14.5. The fraction of sp³-hybridized carbons (Fsp3) is 0.286. The lowest BCUT2D eigenvalue weighted by Gasteiger charge is -2.31. The molecule has 0 bridgehead atoms. The standard InChI is InChI=1S/C28H32N4O7S/c1-19-5-12-24(13-6-19)40(36,37)31-25-4-2-3-20-9-14-26(34)32(27(20)25)39-18-22(33)17-30-15-16-38-23-10-7-21(8-11-23)28(29)35/h2-8,10-13,22,30-31,33H,9,14-18H2,1H3,(H2,29,35). The lowest BCUT2D eigenvalue weighted by Crippen LogP contribution is -2.40. The topological polar surface area (TPSA) is 160 Å². The number of hydroxylamine groups is 1. The number of anilines is 2. The number of hydrogen-bond acceptors (Lipinski definition) is 8. The van der Waals surface area contributed by atoms with E-state index in [1.807, 2.05) is 6.92 Å². The van der Waals surface area contributed by atoms with E-state index in [2.05, 4.69) is 10.0 Å². The van der Waals surface area contributed by atoms with Crippen LogP contribution < -0.4 is 25.6 Å². The van der Waals surface area contributed by atoms with Crippen molar-refractivity contribution in [3.05, 3.63) is 83.4 Å². The Kier molecular flexibility index (Phi) is 9.38. The minimum atomic E-state index is -3.91. The van der Waals surface area contributed by atoms with Gasteiger partial charge in [0.2, 0.25) is 5.91 Å². The number of amides is 2. The number of para-hydroxylation sites is 1. The van der Waals surface area contributed by atoms with E-state index in [9.17, 15) is 23.1 Å². The van der Waals surface area contributed by atoms with Crippen molar-refractivity contribution in [1.82, 2.24) is 5.32 Å². The Morgan fingerprint density at radius 3 is 2.50 bits per heavy atom. The number of nitrogens with two attached hydrogens (primary N) is 1. The highest BCUT2D eigenvalue weighted by molar-refractivity contribution is 7.92. The second-order valence-corrected chi connectivity index (χ2v) is 11.0. The molecule has 2 amide bonds. The second-order valence-electron chi connectivity index (χ2n) is 9.31. The summed E-state index contributed by atoms with van der Waals surface area (Å²) in [5.74, 6) is -0.281. The average molecular weight is 569 g/mol. The number of sulfonamides is 1. The zero-order valence-electron chi connectivity index (χ0n) is 22.0. The Bertz CT molecular complexity index is 1440. The number of rotatable bonds is 13. The number of hydrogen-bond donors (Lipinski definition) is 4. The van der Waals surface area contributed by atoms with Gasteiger partial charge in [-0.3, -0.25) is 19.1 Å². The number of carbonyl (C=O) groups is 2. The molecule has 0 saturated heterocycles. The molecule has 12 heteroatoms. The third-order valence-electron chi connectivity index (χ3n) is 6.20. The molecule has 0 saturated carbocycles. The molecule has 1 aliphatic heterocycles. The van der Waals surface area contributed by atoms with Gasteiger partial charge in [0, 0.05) is 25.1 Å². The molecule has 3 aromatic rings. The van der Waals surface area contributed by atoms with Crippen molar-refractivity contribution in [3.8, 4) is 5.75 Å². The highest BCUT2D eigenvalue weighted by atomic mass is 32.2. The van der Waals surface area contributed by atoms with Crippen LogP contribution in [0.3, 0.4) is 0 Å². The van der Waals surface area contributed by atoms with Crippen molar-refractivity contribution in [2.45, 2.75) is 30.8 Å². The van der Waals surface area contributed by atoms with Crippen molar-refractivity contribution < 1.29 is 32.7 Å². The molecule has 0 aromatic heterocycles. The van der Waals surface area contributed by atoms with Crippen LogP contribution >= 0.6 is 0 Å². The van der Waals surface area contributed by atoms with Crippen LogP contribution in [0.4, 0.5) is 11.4 Å². The van der Waals surface area contributed by atoms with E-state index in [0.29, 0.717) is 36.6 Å². The number of nitrogens with zero attached hydrogens (tertiary/aromatic N) is 1. The van der Waals surface area contributed by atoms with Crippen molar-refractivity contribution in [1.29, 1.82) is 0 Å². The molecule has 11 nitrogen and oxygen atoms in total. The van der Waals surface area contributed by atoms with Gasteiger partial charge < -0.3 is 20.9 Å². The van der Waals surface area contributed by atoms with E-state index >= 15 is 0 Å². The Labute approximate surface area is 232 Å². The predicted molar refractivity (Wildman–Crippen MR) is 150 cm³/mol. The summed E-state index contributed by atoms with van der Waals surface area (Å²) in [5.41, 5.74) is 7.80. The van der Waals surface area contributed by atoms with Gasteiger partial charge in [0.15, 0.2) is 0 Å². The van der Waals surface area contributed by atoms with Crippen LogP contribution in [-0.2, 0) is 26.1 Å². The Morgan fingerprint density at radius 1 is 1.07 bits per heavy atom. The first-order valence-electron chi connectivity index (χ1n) is 12.7. The van der Waals surface area contributed by atoms with E-state index in [1.165, 1.54) is 12.1 Å². The van der Waals surface area contributed by atoms with Crippen molar-refractivity contribution in [3.63, 3.8) is 0 Å². The molecular formula is C28H32N4O7S. The van der Waals surface area contributed by atoms with Crippen LogP contribution in [-0.4, -0.2) is 57.7 Å². The van der Waals surface area contributed by atoms with Crippen molar-refractivity contribution in [2.24, 2.45) is 5.73 Å². The lowest BCUT2D eigenvalue weighted by atomic mass is 10.0. The van der Waals surface area contributed by atoms with Crippen LogP contribution in [0.15, 0.2) is 71.6 Å². The molecule has 5 N–H and O–H groups in total. The molecule has 40 heavy (non-hydrogen) atoms. The zero-order valence-corrected chi connectivity index (χ0v) is 22.8. The molecule has 212 valence electrons. The molecule has 0 aliphatic carbocycles. The van der Waals surface area contributed by atoms with Crippen LogP contribution in [0.5, 0.6) is 5.75 Å². The molecule has 1 heterocycles. The van der Waals surface area contributed by atoms with Gasteiger partial charge in [-0.2, -0.15) is 5.06 Å². The van der Waals surface area contributed by atoms with Gasteiger partial charge in [-0.05, 0) is 61.4 Å². The summed E-state index contributed by atoms with van der Waals surface area (Å²) in [6, 6.07) is 18.0. The number of aliphatic hydroxyl groups is 1. The first-order valence-corrected chi connectivity index (χ1v) is 14.2. The number of carbonyl (C=O) groups excluding carboxylic acids is 2. The maximum atomic E-state index is 13.0. The third-order valence-corrected chi connectivity index (χ3v) is 7.58. The predicted octanol–water partition coefficient (Wildman–Crippen LogP) is 2.14. The van der Waals surface area contributed by atoms with Crippen LogP contribution in [0.1, 0.15) is 27.9 Å². The fourth-order valence-corrected chi connectivity index (χ4v) is 5.15. The van der Waals surface area contributed by atoms with Crippen molar-refractivity contribution in [2.75, 3.05) is 36.1 Å². The maximum absolute atomic E-state index is 13.0. The van der Waals surface area contributed by atoms with Gasteiger partial charge >= 0.3 is 0 Å². The van der Waals surface area contributed by atoms with Gasteiger partial charge in [-0.25, -0.2) is 8.42 Å². The molecule has 1 aliphatic rings. The van der Waals surface area contributed by atoms with E-state index < -0.39 is 22.0 Å². The average Bonchev–Trinajstić information content (AvgIpc) is 2.93. The quantitative estimate of drug-likeness (QED) is 0.228. The number of primary amides is 1. The number of aryl methyl sites for hydroxylation is 2. The highest BCUT2D eigenvalue weighted by Gasteiger charge is 2.30. The summed E-state index contributed by atoms with van der Waals surface area (Å²) in [6.07, 6.45) is -0.332. The summed E-state index contributed by atoms with van der Waals surface area (Å²) in [4.78, 5) is 29.7. The van der Waals surface area contributed by atoms with Gasteiger partial charge in [-0.1, -0.05) is 29.8 Å². The molecule has 3 aromatic carbocycles. The highest BCUT2D eigenvalue weighted by Crippen LogP contribution is 2.36. The summed E-state index contributed by atoms with van der Waals surface area (Å²) < 4.78 is 34.2. The second kappa shape index (κ2) is 12.9. The third kappa shape index (κ3) is 7.36. The Morgan fingerprint density at radius 2 is 1.80 bits per heavy atom. The summed E-state index contributed by atoms with van der Waals surface area (Å²) in [6.45, 7) is 2.56. The minimum Gasteiger partial charge on any atom is -0.492 e. The number of aliphatic hydroxyl groups excluding tert-OH is 1. The van der Waals surface area contributed by atoms with E-state index in [4.69, 9.17) is 15.3 Å². The smallest absolute Gasteiger partial charge is 0.261 e. The number of fused-ring (bicyclic) bond motifs is 1.